The van der Waals surface area contributed by atoms with Crippen molar-refractivity contribution in [3.05, 3.63) is 64.7 Å². The number of benzene rings is 2. The maximum atomic E-state index is 13.4. The Kier molecular flexibility index (Phi) is 4.83. The molecule has 0 spiro atoms. The molecule has 1 aliphatic heterocycles. The van der Waals surface area contributed by atoms with Gasteiger partial charge in [0.1, 0.15) is 17.4 Å². The fraction of sp³-hybridized carbons (Fsp3) is 0.381. The number of fused-ring (bicyclic) bond motifs is 1. The van der Waals surface area contributed by atoms with Gasteiger partial charge >= 0.3 is 0 Å². The summed E-state index contributed by atoms with van der Waals surface area (Å²) in [5, 5.41) is 12.7. The van der Waals surface area contributed by atoms with Crippen LogP contribution in [0.4, 0.5) is 8.78 Å². The molecule has 1 aliphatic carbocycles. The summed E-state index contributed by atoms with van der Waals surface area (Å²) in [5.74, 6) is -0.699. The highest BCUT2D eigenvalue weighted by Gasteiger charge is 2.36. The fourth-order valence-corrected chi connectivity index (χ4v) is 3.90. The second-order valence-electron chi connectivity index (χ2n) is 7.35. The molecule has 0 aromatic heterocycles. The fourth-order valence-electron chi connectivity index (χ4n) is 3.90. The van der Waals surface area contributed by atoms with Crippen molar-refractivity contribution in [2.75, 3.05) is 6.61 Å². The number of aliphatic hydroxyl groups is 1. The minimum Gasteiger partial charge on any atom is -0.493 e. The van der Waals surface area contributed by atoms with Gasteiger partial charge in [-0.1, -0.05) is 6.07 Å². The Bertz CT molecular complexity index is 844. The van der Waals surface area contributed by atoms with E-state index in [1.807, 2.05) is 18.2 Å². The molecular weight excluding hydrogens is 352 g/mol. The van der Waals surface area contributed by atoms with Crippen molar-refractivity contribution in [1.29, 1.82) is 0 Å². The van der Waals surface area contributed by atoms with Crippen molar-refractivity contribution in [2.45, 2.75) is 37.8 Å². The molecule has 2 aromatic rings. The van der Waals surface area contributed by atoms with E-state index >= 15 is 0 Å². The first-order chi connectivity index (χ1) is 13.0. The molecule has 0 bridgehead atoms. The maximum Gasteiger partial charge on any atom is 0.224 e. The van der Waals surface area contributed by atoms with E-state index in [-0.39, 0.29) is 30.4 Å². The maximum absolute atomic E-state index is 13.4. The predicted molar refractivity (Wildman–Crippen MR) is 95.3 cm³/mol. The van der Waals surface area contributed by atoms with Crippen LogP contribution in [0.1, 0.15) is 35.6 Å². The number of halogens is 2. The molecule has 1 atom stereocenters. The number of ether oxygens (including phenoxy) is 1. The second-order valence-corrected chi connectivity index (χ2v) is 7.35. The van der Waals surface area contributed by atoms with Crippen LogP contribution in [0.5, 0.6) is 5.75 Å². The van der Waals surface area contributed by atoms with Gasteiger partial charge in [0, 0.05) is 12.5 Å². The molecule has 1 amide bonds. The van der Waals surface area contributed by atoms with Crippen molar-refractivity contribution >= 4 is 5.91 Å². The first-order valence-electron chi connectivity index (χ1n) is 9.16. The minimum absolute atomic E-state index is 0.103. The van der Waals surface area contributed by atoms with Crippen molar-refractivity contribution in [1.82, 2.24) is 5.32 Å². The monoisotopic (exact) mass is 373 g/mol. The van der Waals surface area contributed by atoms with Crippen molar-refractivity contribution in [2.24, 2.45) is 5.92 Å². The first kappa shape index (κ1) is 17.9. The first-order valence-corrected chi connectivity index (χ1v) is 9.16. The van der Waals surface area contributed by atoms with Gasteiger partial charge in [-0.25, -0.2) is 8.78 Å². The number of aliphatic hydroxyl groups excluding tert-OH is 1. The highest BCUT2D eigenvalue weighted by atomic mass is 19.1. The van der Waals surface area contributed by atoms with E-state index in [1.165, 1.54) is 0 Å². The zero-order valence-corrected chi connectivity index (χ0v) is 14.8. The van der Waals surface area contributed by atoms with Crippen LogP contribution in [0.2, 0.25) is 0 Å². The predicted octanol–water partition coefficient (Wildman–Crippen LogP) is 3.07. The lowest BCUT2D eigenvalue weighted by atomic mass is 9.74. The third-order valence-corrected chi connectivity index (χ3v) is 5.30. The number of rotatable bonds is 5. The van der Waals surface area contributed by atoms with E-state index in [9.17, 15) is 18.7 Å². The topological polar surface area (TPSA) is 58.6 Å². The van der Waals surface area contributed by atoms with Gasteiger partial charge < -0.3 is 15.2 Å². The number of carbonyl (C=O) groups is 1. The normalized spacial score (nSPS) is 21.7. The van der Waals surface area contributed by atoms with Crippen LogP contribution >= 0.6 is 0 Å². The lowest BCUT2D eigenvalue weighted by Gasteiger charge is -2.38. The third-order valence-electron chi connectivity index (χ3n) is 5.30. The van der Waals surface area contributed by atoms with Gasteiger partial charge in [-0.2, -0.15) is 0 Å². The van der Waals surface area contributed by atoms with E-state index < -0.39 is 11.6 Å². The average molecular weight is 373 g/mol. The summed E-state index contributed by atoms with van der Waals surface area (Å²) in [6.07, 6.45) is 1.62. The molecule has 2 N–H and O–H groups in total. The molecule has 0 radical (unpaired) electrons. The van der Waals surface area contributed by atoms with E-state index in [1.54, 1.807) is 0 Å². The van der Waals surface area contributed by atoms with Crippen LogP contribution < -0.4 is 10.1 Å². The van der Waals surface area contributed by atoms with Gasteiger partial charge in [0.05, 0.1) is 25.2 Å². The van der Waals surface area contributed by atoms with E-state index in [0.29, 0.717) is 25.0 Å². The van der Waals surface area contributed by atoms with Gasteiger partial charge in [0.2, 0.25) is 5.91 Å². The lowest BCUT2D eigenvalue weighted by molar-refractivity contribution is -0.122. The number of hydrogen-bond donors (Lipinski definition) is 2. The average Bonchev–Trinajstić information content (AvgIpc) is 3.04. The largest absolute Gasteiger partial charge is 0.493 e. The van der Waals surface area contributed by atoms with Crippen LogP contribution in [0.15, 0.2) is 36.4 Å². The van der Waals surface area contributed by atoms with Crippen molar-refractivity contribution in [3.8, 4) is 5.75 Å². The summed E-state index contributed by atoms with van der Waals surface area (Å²) < 4.78 is 32.2. The Morgan fingerprint density at radius 2 is 1.93 bits per heavy atom. The quantitative estimate of drug-likeness (QED) is 0.847. The SMILES string of the molecule is O=C(Cc1cc(F)cc(F)c1)N[C@H](c1ccc2c(c1)CCO2)C1CC(O)C1. The number of hydrogen-bond acceptors (Lipinski definition) is 3. The molecule has 1 saturated carbocycles. The van der Waals surface area contributed by atoms with Crippen LogP contribution in [0.3, 0.4) is 0 Å². The molecule has 4 rings (SSSR count). The highest BCUT2D eigenvalue weighted by Crippen LogP contribution is 2.39. The van der Waals surface area contributed by atoms with E-state index in [0.717, 1.165) is 41.5 Å². The van der Waals surface area contributed by atoms with E-state index in [4.69, 9.17) is 4.74 Å². The molecule has 2 aliphatic rings. The molecule has 6 heteroatoms. The van der Waals surface area contributed by atoms with E-state index in [2.05, 4.69) is 5.32 Å². The molecule has 1 heterocycles. The molecule has 2 aromatic carbocycles. The summed E-state index contributed by atoms with van der Waals surface area (Å²) in [6.45, 7) is 0.656. The smallest absolute Gasteiger partial charge is 0.224 e. The van der Waals surface area contributed by atoms with Crippen LogP contribution in [0, 0.1) is 17.6 Å². The van der Waals surface area contributed by atoms with Crippen LogP contribution in [0.25, 0.3) is 0 Å². The summed E-state index contributed by atoms with van der Waals surface area (Å²) in [7, 11) is 0. The Balaban J connectivity index is 1.52. The zero-order chi connectivity index (χ0) is 19.0. The molecular formula is C21H21F2NO3. The number of nitrogens with one attached hydrogen (secondary N) is 1. The van der Waals surface area contributed by atoms with Gasteiger partial charge in [0.15, 0.2) is 0 Å². The van der Waals surface area contributed by atoms with Crippen LogP contribution in [-0.4, -0.2) is 23.7 Å². The summed E-state index contributed by atoms with van der Waals surface area (Å²) >= 11 is 0. The number of carbonyl (C=O) groups excluding carboxylic acids is 1. The molecule has 0 unspecified atom stereocenters. The van der Waals surface area contributed by atoms with Crippen LogP contribution in [-0.2, 0) is 17.6 Å². The summed E-state index contributed by atoms with van der Waals surface area (Å²) in [4.78, 5) is 12.5. The summed E-state index contributed by atoms with van der Waals surface area (Å²) in [6, 6.07) is 8.75. The third kappa shape index (κ3) is 3.95. The minimum atomic E-state index is -0.699. The Hall–Kier alpha value is -2.47. The molecule has 1 fully saturated rings. The molecule has 0 saturated heterocycles. The second kappa shape index (κ2) is 7.27. The highest BCUT2D eigenvalue weighted by molar-refractivity contribution is 5.79. The lowest BCUT2D eigenvalue weighted by Crippen LogP contribution is -2.41. The van der Waals surface area contributed by atoms with Gasteiger partial charge in [-0.05, 0) is 59.7 Å². The number of amides is 1. The Morgan fingerprint density at radius 3 is 2.63 bits per heavy atom. The summed E-state index contributed by atoms with van der Waals surface area (Å²) in [5.41, 5.74) is 2.37. The Morgan fingerprint density at radius 1 is 1.19 bits per heavy atom. The Labute approximate surface area is 156 Å². The van der Waals surface area contributed by atoms with Gasteiger partial charge in [-0.15, -0.1) is 0 Å². The van der Waals surface area contributed by atoms with Gasteiger partial charge in [-0.3, -0.25) is 4.79 Å². The van der Waals surface area contributed by atoms with Gasteiger partial charge in [0.25, 0.3) is 0 Å². The zero-order valence-electron chi connectivity index (χ0n) is 14.8. The van der Waals surface area contributed by atoms with Crippen molar-refractivity contribution < 1.29 is 23.4 Å². The molecule has 4 nitrogen and oxygen atoms in total. The molecule has 142 valence electrons. The standard InChI is InChI=1S/C21H21F2NO3/c22-16-5-12(6-17(23)11-16)7-20(26)24-21(15-9-18(25)10-15)14-1-2-19-13(8-14)3-4-27-19/h1-2,5-6,8,11,15,18,21,25H,3-4,7,9-10H2,(H,24,26)/t15?,18?,21-/m1/s1. The molecule has 27 heavy (non-hydrogen) atoms. The van der Waals surface area contributed by atoms with Crippen molar-refractivity contribution in [3.63, 3.8) is 0 Å².